The Hall–Kier alpha value is 0.270. The Labute approximate surface area is 168 Å². The van der Waals surface area contributed by atoms with E-state index in [2.05, 4.69) is 47.8 Å². The molecule has 2 aromatic heterocycles. The van der Waals surface area contributed by atoms with Gasteiger partial charge in [-0.1, -0.05) is 45.6 Å². The first-order valence-corrected chi connectivity index (χ1v) is 9.71. The van der Waals surface area contributed by atoms with Crippen LogP contribution in [0.4, 0.5) is 0 Å². The number of hydrogen-bond donors (Lipinski definition) is 0. The van der Waals surface area contributed by atoms with Crippen molar-refractivity contribution in [2.45, 2.75) is 33.5 Å². The van der Waals surface area contributed by atoms with Crippen molar-refractivity contribution in [3.8, 4) is 11.3 Å². The van der Waals surface area contributed by atoms with E-state index in [1.165, 1.54) is 5.19 Å². The summed E-state index contributed by atoms with van der Waals surface area (Å²) in [6, 6.07) is 9.46. The van der Waals surface area contributed by atoms with E-state index in [0.717, 1.165) is 22.6 Å². The van der Waals surface area contributed by atoms with E-state index in [1.807, 2.05) is 26.1 Å². The maximum Gasteiger partial charge on any atom is 0.0795 e. The van der Waals surface area contributed by atoms with Crippen LogP contribution in [0.3, 0.4) is 0 Å². The molecule has 0 unspecified atom stereocenters. The number of hydrogen-bond acceptors (Lipinski definition) is 2. The van der Waals surface area contributed by atoms with E-state index in [9.17, 15) is 0 Å². The maximum atomic E-state index is 4.57. The minimum absolute atomic E-state index is 0. The Kier molecular flexibility index (Phi) is 10.6. The first-order valence-electron chi connectivity index (χ1n) is 6.21. The average molecular weight is 552 g/mol. The van der Waals surface area contributed by atoms with Crippen molar-refractivity contribution >= 4 is 13.3 Å². The molecule has 21 heavy (non-hydrogen) atoms. The van der Waals surface area contributed by atoms with Crippen LogP contribution in [-0.4, -0.2) is 18.0 Å². The van der Waals surface area contributed by atoms with Gasteiger partial charge < -0.3 is 17.4 Å². The predicted molar refractivity (Wildman–Crippen MR) is 85.2 cm³/mol. The third-order valence-electron chi connectivity index (χ3n) is 3.02. The van der Waals surface area contributed by atoms with Gasteiger partial charge in [0, 0.05) is 59.0 Å². The number of pyridine rings is 2. The summed E-state index contributed by atoms with van der Waals surface area (Å²) in [4.78, 5) is 9.03. The molecule has 2 heterocycles. The largest absolute Gasteiger partial charge is 0.358 e. The summed E-state index contributed by atoms with van der Waals surface area (Å²) in [5.74, 6) is 0. The summed E-state index contributed by atoms with van der Waals surface area (Å²) in [6.45, 7) is 11.0. The quantitative estimate of drug-likeness (QED) is 0.422. The average Bonchev–Trinajstić information content (AvgIpc) is 2.28. The van der Waals surface area contributed by atoms with Crippen LogP contribution in [-0.2, 0) is 52.8 Å². The van der Waals surface area contributed by atoms with Gasteiger partial charge in [0.15, 0.2) is 0 Å². The first kappa shape index (κ1) is 23.5. The van der Waals surface area contributed by atoms with Crippen LogP contribution in [0.5, 0.6) is 0 Å². The number of rotatable bonds is 2. The van der Waals surface area contributed by atoms with Gasteiger partial charge in [-0.15, -0.1) is 17.7 Å². The minimum Gasteiger partial charge on any atom is -0.358 e. The van der Waals surface area contributed by atoms with Crippen molar-refractivity contribution in [1.82, 2.24) is 9.97 Å². The second-order valence-corrected chi connectivity index (χ2v) is 10.8. The summed E-state index contributed by atoms with van der Waals surface area (Å²) in [5, 5.41) is 1.38. The van der Waals surface area contributed by atoms with Crippen LogP contribution < -0.4 is 5.19 Å². The molecule has 0 fully saturated rings. The molecule has 2 aromatic rings. The Morgan fingerprint density at radius 1 is 1.10 bits per heavy atom. The van der Waals surface area contributed by atoms with Gasteiger partial charge in [0.05, 0.1) is 8.07 Å². The van der Waals surface area contributed by atoms with Crippen molar-refractivity contribution < 1.29 is 52.8 Å². The fourth-order valence-corrected chi connectivity index (χ4v) is 2.91. The normalized spacial score (nSPS) is 9.95. The molecule has 0 aliphatic carbocycles. The molecule has 114 valence electrons. The van der Waals surface area contributed by atoms with E-state index in [4.69, 9.17) is 0 Å². The monoisotopic (exact) mass is 552 g/mol. The molecule has 0 atom stereocenters. The maximum absolute atomic E-state index is 4.57. The fourth-order valence-electron chi connectivity index (χ4n) is 1.88. The van der Waals surface area contributed by atoms with Crippen molar-refractivity contribution in [3.63, 3.8) is 0 Å². The topological polar surface area (TPSA) is 25.8 Å². The molecule has 0 aromatic carbocycles. The van der Waals surface area contributed by atoms with Gasteiger partial charge in [0.25, 0.3) is 0 Å². The van der Waals surface area contributed by atoms with Gasteiger partial charge >= 0.3 is 0 Å². The molecule has 2 nitrogen and oxygen atoms in total. The molecular weight excluding hydrogens is 529 g/mol. The zero-order chi connectivity index (χ0) is 13.3. The van der Waals surface area contributed by atoms with E-state index < -0.39 is 8.07 Å². The molecule has 0 bridgehead atoms. The Balaban J connectivity index is 0. The van der Waals surface area contributed by atoms with Crippen LogP contribution >= 0.6 is 0 Å². The van der Waals surface area contributed by atoms with Crippen molar-refractivity contribution in [2.24, 2.45) is 0 Å². The Morgan fingerprint density at radius 3 is 2.14 bits per heavy atom. The zero-order valence-corrected chi connectivity index (χ0v) is 19.8. The molecule has 0 saturated heterocycles. The summed E-state index contributed by atoms with van der Waals surface area (Å²) >= 11 is 0. The van der Waals surface area contributed by atoms with E-state index in [-0.39, 0.29) is 60.2 Å². The van der Waals surface area contributed by atoms with E-state index >= 15 is 0 Å². The summed E-state index contributed by atoms with van der Waals surface area (Å²) in [6.07, 6.45) is 2.01. The summed E-state index contributed by atoms with van der Waals surface area (Å²) in [7, 11) is -1.27. The van der Waals surface area contributed by atoms with Crippen molar-refractivity contribution in [3.05, 3.63) is 49.3 Å². The van der Waals surface area contributed by atoms with Gasteiger partial charge in [-0.2, -0.15) is 0 Å². The van der Waals surface area contributed by atoms with Crippen LogP contribution in [0.1, 0.15) is 11.4 Å². The smallest absolute Gasteiger partial charge is 0.0795 e. The number of aromatic nitrogens is 2. The van der Waals surface area contributed by atoms with Crippen LogP contribution in [0, 0.1) is 27.3 Å². The van der Waals surface area contributed by atoms with Crippen molar-refractivity contribution in [1.29, 1.82) is 0 Å². The summed E-state index contributed by atoms with van der Waals surface area (Å²) < 4.78 is 0. The number of nitrogens with zero attached hydrogens (tertiary/aromatic N) is 2. The van der Waals surface area contributed by atoms with Crippen LogP contribution in [0.15, 0.2) is 24.4 Å². The zero-order valence-electron chi connectivity index (χ0n) is 13.6. The van der Waals surface area contributed by atoms with Gasteiger partial charge in [0.2, 0.25) is 0 Å². The minimum atomic E-state index is -1.27. The molecule has 0 aliphatic heterocycles. The van der Waals surface area contributed by atoms with Gasteiger partial charge in [-0.3, -0.25) is 0 Å². The third-order valence-corrected chi connectivity index (χ3v) is 5.04. The molecule has 0 N–H and O–H groups in total. The standard InChI is InChI=1S/C15H19N2Si.CH3.Ir.Y/c1-11-6-8-14(12(2)17-11)15-9-7-13(10-16-15)18(3,4)5;;;/h6-7,9-10H,1-5H3;1H3;;/q2*-1;;. The Bertz CT molecular complexity index is 565. The summed E-state index contributed by atoms with van der Waals surface area (Å²) in [5.41, 5.74) is 3.95. The van der Waals surface area contributed by atoms with Crippen molar-refractivity contribution in [2.75, 3.05) is 0 Å². The van der Waals surface area contributed by atoms with E-state index in [1.54, 1.807) is 0 Å². The molecule has 2 rings (SSSR count). The second-order valence-electron chi connectivity index (χ2n) is 5.68. The predicted octanol–water partition coefficient (Wildman–Crippen LogP) is 3.55. The van der Waals surface area contributed by atoms with Gasteiger partial charge in [-0.25, -0.2) is 0 Å². The number of aryl methyl sites for hydroxylation is 2. The van der Waals surface area contributed by atoms with Crippen LogP contribution in [0.2, 0.25) is 19.6 Å². The molecule has 0 amide bonds. The molecule has 0 spiro atoms. The molecule has 5 heteroatoms. The Morgan fingerprint density at radius 2 is 1.71 bits per heavy atom. The van der Waals surface area contributed by atoms with Gasteiger partial charge in [0.1, 0.15) is 0 Å². The van der Waals surface area contributed by atoms with E-state index in [0.29, 0.717) is 0 Å². The fraction of sp³-hybridized carbons (Fsp3) is 0.312. The van der Waals surface area contributed by atoms with Crippen LogP contribution in [0.25, 0.3) is 11.3 Å². The molecule has 0 aliphatic rings. The molecular formula is C16H22IrN2SiY-2. The third kappa shape index (κ3) is 6.11. The molecule has 0 saturated carbocycles. The SMILES string of the molecule is Cc1c[c-]c(-c2ccc([Si](C)(C)C)cn2)c(C)n1.[CH3-].[Ir].[Y]. The molecule has 2 radical (unpaired) electrons. The first-order chi connectivity index (χ1) is 8.38. The second kappa shape index (κ2) is 9.42. The van der Waals surface area contributed by atoms with Gasteiger partial charge in [-0.05, 0) is 22.3 Å².